The van der Waals surface area contributed by atoms with Crippen molar-refractivity contribution in [2.24, 2.45) is 0 Å². The lowest BCUT2D eigenvalue weighted by Crippen LogP contribution is -2.24. The van der Waals surface area contributed by atoms with Crippen molar-refractivity contribution in [3.05, 3.63) is 63.4 Å². The van der Waals surface area contributed by atoms with E-state index >= 15 is 0 Å². The first-order valence-corrected chi connectivity index (χ1v) is 10.4. The lowest BCUT2D eigenvalue weighted by Gasteiger charge is -2.14. The molecule has 0 atom stereocenters. The van der Waals surface area contributed by atoms with Crippen molar-refractivity contribution in [1.82, 2.24) is 9.55 Å². The topological polar surface area (TPSA) is 99.5 Å². The molecule has 2 heterocycles. The number of aromatic nitrogens is 2. The Balaban J connectivity index is 1.77. The summed E-state index contributed by atoms with van der Waals surface area (Å²) in [7, 11) is 1.54. The molecule has 1 aromatic carbocycles. The molecule has 0 bridgehead atoms. The van der Waals surface area contributed by atoms with E-state index in [0.717, 1.165) is 22.3 Å². The van der Waals surface area contributed by atoms with Crippen molar-refractivity contribution in [2.45, 2.75) is 26.8 Å². The van der Waals surface area contributed by atoms with E-state index in [1.807, 2.05) is 19.1 Å². The molecule has 0 saturated heterocycles. The van der Waals surface area contributed by atoms with Crippen molar-refractivity contribution in [3.63, 3.8) is 0 Å². The van der Waals surface area contributed by atoms with Gasteiger partial charge in [-0.05, 0) is 25.5 Å². The zero-order valence-corrected chi connectivity index (χ0v) is 18.4. The third-order valence-corrected chi connectivity index (χ3v) is 5.70. The summed E-state index contributed by atoms with van der Waals surface area (Å²) in [6, 6.07) is 7.10. The van der Waals surface area contributed by atoms with Gasteiger partial charge in [-0.2, -0.15) is 0 Å². The van der Waals surface area contributed by atoms with Gasteiger partial charge in [-0.1, -0.05) is 36.1 Å². The number of anilines is 1. The highest BCUT2D eigenvalue weighted by Crippen LogP contribution is 2.27. The Bertz CT molecular complexity index is 1210. The van der Waals surface area contributed by atoms with Crippen LogP contribution in [0, 0.1) is 13.8 Å². The molecule has 0 aliphatic heterocycles. The van der Waals surface area contributed by atoms with Gasteiger partial charge in [-0.15, -0.1) is 0 Å². The number of hydrogen-bond donors (Lipinski definition) is 1. The summed E-state index contributed by atoms with van der Waals surface area (Å²) in [6.45, 7) is 7.30. The highest BCUT2D eigenvalue weighted by molar-refractivity contribution is 7.17. The normalized spacial score (nSPS) is 10.7. The molecule has 0 aliphatic rings. The zero-order chi connectivity index (χ0) is 22.5. The molecule has 8 nitrogen and oxygen atoms in total. The van der Waals surface area contributed by atoms with Gasteiger partial charge in [0.25, 0.3) is 5.56 Å². The molecule has 0 radical (unpaired) electrons. The molecular weight excluding hydrogens is 418 g/mol. The van der Waals surface area contributed by atoms with Crippen LogP contribution in [0.1, 0.15) is 27.3 Å². The van der Waals surface area contributed by atoms with E-state index in [-0.39, 0.29) is 31.0 Å². The van der Waals surface area contributed by atoms with Gasteiger partial charge in [0, 0.05) is 24.4 Å². The highest BCUT2D eigenvalue weighted by Gasteiger charge is 2.18. The van der Waals surface area contributed by atoms with E-state index in [1.54, 1.807) is 26.2 Å². The van der Waals surface area contributed by atoms with Gasteiger partial charge in [0.05, 0.1) is 18.3 Å². The highest BCUT2D eigenvalue weighted by atomic mass is 32.1. The van der Waals surface area contributed by atoms with Gasteiger partial charge >= 0.3 is 5.97 Å². The number of amides is 1. The second-order valence-electron chi connectivity index (χ2n) is 6.79. The predicted octanol–water partition coefficient (Wildman–Crippen LogP) is 3.46. The van der Waals surface area contributed by atoms with Crippen molar-refractivity contribution in [2.75, 3.05) is 19.0 Å². The lowest BCUT2D eigenvalue weighted by molar-refractivity contribution is -0.116. The zero-order valence-electron chi connectivity index (χ0n) is 17.6. The third kappa shape index (κ3) is 4.83. The first-order chi connectivity index (χ1) is 14.8. The van der Waals surface area contributed by atoms with Crippen molar-refractivity contribution in [3.8, 4) is 5.75 Å². The Morgan fingerprint density at radius 3 is 2.81 bits per heavy atom. The third-order valence-electron chi connectivity index (χ3n) is 4.64. The molecule has 0 unspecified atom stereocenters. The molecule has 0 fully saturated rings. The number of aryl methyl sites for hydroxylation is 3. The summed E-state index contributed by atoms with van der Waals surface area (Å²) in [5.41, 5.74) is 1.76. The second kappa shape index (κ2) is 9.57. The summed E-state index contributed by atoms with van der Waals surface area (Å²) in [5.74, 6) is -0.271. The monoisotopic (exact) mass is 441 g/mol. The molecule has 9 heteroatoms. The Hall–Kier alpha value is -3.46. The number of nitrogens with one attached hydrogen (secondary N) is 1. The van der Waals surface area contributed by atoms with Gasteiger partial charge < -0.3 is 19.4 Å². The smallest absolute Gasteiger partial charge is 0.350 e. The fraction of sp³-hybridized carbons (Fsp3) is 0.273. The number of benzene rings is 1. The molecular formula is C22H23N3O5S. The molecule has 3 aromatic rings. The largest absolute Gasteiger partial charge is 0.495 e. The predicted molar refractivity (Wildman–Crippen MR) is 120 cm³/mol. The van der Waals surface area contributed by atoms with Crippen LogP contribution in [0.4, 0.5) is 5.13 Å². The van der Waals surface area contributed by atoms with Gasteiger partial charge in [0.1, 0.15) is 17.2 Å². The van der Waals surface area contributed by atoms with Crippen LogP contribution < -0.4 is 15.6 Å². The molecule has 3 rings (SSSR count). The van der Waals surface area contributed by atoms with E-state index in [1.165, 1.54) is 10.6 Å². The summed E-state index contributed by atoms with van der Waals surface area (Å²) in [5, 5.41) is 3.87. The minimum absolute atomic E-state index is 0.0466. The fourth-order valence-corrected chi connectivity index (χ4v) is 4.07. The van der Waals surface area contributed by atoms with E-state index < -0.39 is 5.97 Å². The number of hydrogen-bond acceptors (Lipinski definition) is 7. The number of pyridine rings is 1. The van der Waals surface area contributed by atoms with Crippen LogP contribution in [0.5, 0.6) is 5.75 Å². The van der Waals surface area contributed by atoms with Crippen LogP contribution >= 0.6 is 11.3 Å². The Morgan fingerprint density at radius 1 is 1.32 bits per heavy atom. The maximum absolute atomic E-state index is 12.6. The van der Waals surface area contributed by atoms with Crippen LogP contribution in [0.2, 0.25) is 0 Å². The minimum atomic E-state index is -0.514. The quantitative estimate of drug-likeness (QED) is 0.425. The molecule has 162 valence electrons. The van der Waals surface area contributed by atoms with Gasteiger partial charge in [0.15, 0.2) is 5.13 Å². The molecule has 31 heavy (non-hydrogen) atoms. The van der Waals surface area contributed by atoms with E-state index in [2.05, 4.69) is 16.9 Å². The maximum atomic E-state index is 12.6. The molecule has 0 spiro atoms. The maximum Gasteiger partial charge on any atom is 0.350 e. The van der Waals surface area contributed by atoms with E-state index in [4.69, 9.17) is 9.47 Å². The Morgan fingerprint density at radius 2 is 2.10 bits per heavy atom. The second-order valence-corrected chi connectivity index (χ2v) is 7.79. The van der Waals surface area contributed by atoms with E-state index in [9.17, 15) is 14.4 Å². The number of carbonyl (C=O) groups excluding carboxylic acids is 2. The van der Waals surface area contributed by atoms with Crippen molar-refractivity contribution < 1.29 is 19.1 Å². The SMILES string of the molecule is C=CCOC(=O)c1sc(NC(=O)CCn2c(=O)cc(C)c3cccc(OC)c32)nc1C. The molecule has 1 amide bonds. The van der Waals surface area contributed by atoms with Crippen LogP contribution in [0.25, 0.3) is 10.9 Å². The summed E-state index contributed by atoms with van der Waals surface area (Å²) >= 11 is 1.04. The van der Waals surface area contributed by atoms with Crippen LogP contribution in [-0.2, 0) is 16.1 Å². The summed E-state index contributed by atoms with van der Waals surface area (Å²) in [6.07, 6.45) is 1.52. The molecule has 0 aliphatic carbocycles. The molecule has 2 aromatic heterocycles. The minimum Gasteiger partial charge on any atom is -0.495 e. The Labute approximate surface area is 183 Å². The van der Waals surface area contributed by atoms with Crippen LogP contribution in [0.3, 0.4) is 0 Å². The first kappa shape index (κ1) is 22.2. The number of fused-ring (bicyclic) bond motifs is 1. The number of rotatable bonds is 8. The lowest BCUT2D eigenvalue weighted by atomic mass is 10.1. The van der Waals surface area contributed by atoms with E-state index in [0.29, 0.717) is 27.0 Å². The van der Waals surface area contributed by atoms with Crippen molar-refractivity contribution >= 4 is 39.2 Å². The summed E-state index contributed by atoms with van der Waals surface area (Å²) < 4.78 is 12.0. The number of nitrogens with zero attached hydrogens (tertiary/aromatic N) is 2. The number of carbonyl (C=O) groups is 2. The van der Waals surface area contributed by atoms with Gasteiger partial charge in [-0.25, -0.2) is 9.78 Å². The first-order valence-electron chi connectivity index (χ1n) is 9.58. The average Bonchev–Trinajstić information content (AvgIpc) is 3.11. The standard InChI is InChI=1S/C22H23N3O5S/c1-5-11-30-21(28)20-14(3)23-22(31-20)24-17(26)9-10-25-18(27)12-13(2)15-7-6-8-16(29-4)19(15)25/h5-8,12H,1,9-11H2,2-4H3,(H,23,24,26). The number of ether oxygens (including phenoxy) is 2. The molecule has 1 N–H and O–H groups in total. The number of thiazole rings is 1. The number of methoxy groups -OCH3 is 1. The van der Waals surface area contributed by atoms with Gasteiger partial charge in [0.2, 0.25) is 5.91 Å². The van der Waals surface area contributed by atoms with Crippen LogP contribution in [-0.4, -0.2) is 35.1 Å². The number of esters is 1. The fourth-order valence-electron chi connectivity index (χ4n) is 3.19. The number of para-hydroxylation sites is 1. The van der Waals surface area contributed by atoms with Crippen molar-refractivity contribution in [1.29, 1.82) is 0 Å². The van der Waals surface area contributed by atoms with Gasteiger partial charge in [-0.3, -0.25) is 9.59 Å². The summed E-state index contributed by atoms with van der Waals surface area (Å²) in [4.78, 5) is 41.7. The van der Waals surface area contributed by atoms with Crippen LogP contribution in [0.15, 0.2) is 41.7 Å². The Kier molecular flexibility index (Phi) is 6.86. The molecule has 0 saturated carbocycles. The average molecular weight is 442 g/mol.